The van der Waals surface area contributed by atoms with Crippen molar-refractivity contribution in [2.75, 3.05) is 7.05 Å². The van der Waals surface area contributed by atoms with Crippen LogP contribution in [0.1, 0.15) is 15.2 Å². The van der Waals surface area contributed by atoms with Crippen molar-refractivity contribution in [2.45, 2.75) is 6.54 Å². The molecule has 0 fully saturated rings. The van der Waals surface area contributed by atoms with Gasteiger partial charge in [-0.15, -0.1) is 11.3 Å². The number of thiophene rings is 1. The van der Waals surface area contributed by atoms with Gasteiger partial charge in [0.15, 0.2) is 0 Å². The third-order valence-electron chi connectivity index (χ3n) is 2.55. The molecule has 0 aliphatic rings. The van der Waals surface area contributed by atoms with Gasteiger partial charge in [-0.1, -0.05) is 17.7 Å². The molecule has 1 aromatic heterocycles. The number of benzene rings is 1. The standard InChI is InChI=1S/C13H10ClF2NOS/c1-17(13(18)11-4-5-12(14)19-11)7-8-2-3-9(15)6-10(8)16/h2-6H,7H2,1H3. The molecule has 19 heavy (non-hydrogen) atoms. The predicted molar refractivity (Wildman–Crippen MR) is 71.5 cm³/mol. The molecule has 100 valence electrons. The van der Waals surface area contributed by atoms with Gasteiger partial charge in [0.2, 0.25) is 0 Å². The number of nitrogens with zero attached hydrogens (tertiary/aromatic N) is 1. The lowest BCUT2D eigenvalue weighted by Gasteiger charge is -2.16. The van der Waals surface area contributed by atoms with Crippen LogP contribution in [-0.2, 0) is 6.54 Å². The first-order chi connectivity index (χ1) is 8.97. The minimum atomic E-state index is -0.663. The van der Waals surface area contributed by atoms with E-state index in [0.29, 0.717) is 9.21 Å². The summed E-state index contributed by atoms with van der Waals surface area (Å²) in [6.07, 6.45) is 0. The maximum Gasteiger partial charge on any atom is 0.264 e. The van der Waals surface area contributed by atoms with Gasteiger partial charge in [-0.2, -0.15) is 0 Å². The second kappa shape index (κ2) is 5.67. The second-order valence-corrected chi connectivity index (χ2v) is 5.72. The van der Waals surface area contributed by atoms with E-state index in [-0.39, 0.29) is 18.0 Å². The third kappa shape index (κ3) is 3.30. The lowest BCUT2D eigenvalue weighted by atomic mass is 10.2. The summed E-state index contributed by atoms with van der Waals surface area (Å²) in [6.45, 7) is 0.0699. The summed E-state index contributed by atoms with van der Waals surface area (Å²) in [5, 5.41) is 0. The number of amides is 1. The molecule has 0 atom stereocenters. The Morgan fingerprint density at radius 1 is 1.32 bits per heavy atom. The molecule has 1 heterocycles. The maximum atomic E-state index is 13.5. The van der Waals surface area contributed by atoms with E-state index in [2.05, 4.69) is 0 Å². The van der Waals surface area contributed by atoms with E-state index in [1.807, 2.05) is 0 Å². The average Bonchev–Trinajstić information content (AvgIpc) is 2.78. The maximum absolute atomic E-state index is 13.5. The van der Waals surface area contributed by atoms with E-state index in [0.717, 1.165) is 17.4 Å². The van der Waals surface area contributed by atoms with Crippen LogP contribution < -0.4 is 0 Å². The molecule has 0 bridgehead atoms. The summed E-state index contributed by atoms with van der Waals surface area (Å²) < 4.78 is 26.8. The van der Waals surface area contributed by atoms with Crippen molar-refractivity contribution in [2.24, 2.45) is 0 Å². The van der Waals surface area contributed by atoms with Gasteiger partial charge in [-0.25, -0.2) is 8.78 Å². The van der Waals surface area contributed by atoms with Crippen molar-refractivity contribution in [1.82, 2.24) is 4.90 Å². The van der Waals surface area contributed by atoms with E-state index in [9.17, 15) is 13.6 Å². The topological polar surface area (TPSA) is 20.3 Å². The summed E-state index contributed by atoms with van der Waals surface area (Å²) in [7, 11) is 1.55. The highest BCUT2D eigenvalue weighted by atomic mass is 35.5. The van der Waals surface area contributed by atoms with Gasteiger partial charge >= 0.3 is 0 Å². The van der Waals surface area contributed by atoms with Gasteiger partial charge in [0.25, 0.3) is 5.91 Å². The van der Waals surface area contributed by atoms with Gasteiger partial charge in [-0.05, 0) is 18.2 Å². The van der Waals surface area contributed by atoms with Crippen molar-refractivity contribution in [1.29, 1.82) is 0 Å². The van der Waals surface area contributed by atoms with Crippen LogP contribution in [0.15, 0.2) is 30.3 Å². The highest BCUT2D eigenvalue weighted by Crippen LogP contribution is 2.23. The Balaban J connectivity index is 2.12. The fraction of sp³-hybridized carbons (Fsp3) is 0.154. The van der Waals surface area contributed by atoms with Crippen molar-refractivity contribution >= 4 is 28.8 Å². The summed E-state index contributed by atoms with van der Waals surface area (Å²) in [4.78, 5) is 13.9. The van der Waals surface area contributed by atoms with Gasteiger partial charge in [0.1, 0.15) is 11.6 Å². The van der Waals surface area contributed by atoms with Crippen LogP contribution in [0.25, 0.3) is 0 Å². The van der Waals surface area contributed by atoms with Crippen molar-refractivity contribution in [3.05, 3.63) is 56.7 Å². The Morgan fingerprint density at radius 2 is 2.05 bits per heavy atom. The summed E-state index contributed by atoms with van der Waals surface area (Å²) in [5.41, 5.74) is 0.264. The molecule has 2 nitrogen and oxygen atoms in total. The van der Waals surface area contributed by atoms with Gasteiger partial charge < -0.3 is 4.90 Å². The Bertz CT molecular complexity index is 614. The molecule has 2 rings (SSSR count). The van der Waals surface area contributed by atoms with Crippen LogP contribution in [0.3, 0.4) is 0 Å². The number of carbonyl (C=O) groups excluding carboxylic acids is 1. The zero-order valence-electron chi connectivity index (χ0n) is 9.99. The number of halogens is 3. The minimum absolute atomic E-state index is 0.0699. The smallest absolute Gasteiger partial charge is 0.264 e. The van der Waals surface area contributed by atoms with Crippen LogP contribution in [-0.4, -0.2) is 17.9 Å². The normalized spacial score (nSPS) is 10.5. The Labute approximate surface area is 118 Å². The summed E-state index contributed by atoms with van der Waals surface area (Å²) in [6, 6.07) is 6.54. The SMILES string of the molecule is CN(Cc1ccc(F)cc1F)C(=O)c1ccc(Cl)s1. The van der Waals surface area contributed by atoms with E-state index in [1.165, 1.54) is 17.0 Å². The highest BCUT2D eigenvalue weighted by Gasteiger charge is 2.15. The number of hydrogen-bond acceptors (Lipinski definition) is 2. The number of carbonyl (C=O) groups is 1. The molecular formula is C13H10ClF2NOS. The molecule has 0 radical (unpaired) electrons. The van der Waals surface area contributed by atoms with E-state index in [1.54, 1.807) is 19.2 Å². The van der Waals surface area contributed by atoms with E-state index < -0.39 is 11.6 Å². The molecule has 0 spiro atoms. The monoisotopic (exact) mass is 301 g/mol. The average molecular weight is 302 g/mol. The first-order valence-electron chi connectivity index (χ1n) is 5.42. The molecule has 1 amide bonds. The van der Waals surface area contributed by atoms with E-state index in [4.69, 9.17) is 11.6 Å². The fourth-order valence-corrected chi connectivity index (χ4v) is 2.63. The summed E-state index contributed by atoms with van der Waals surface area (Å²) in [5.74, 6) is -1.55. The Kier molecular flexibility index (Phi) is 4.17. The van der Waals surface area contributed by atoms with Gasteiger partial charge in [0, 0.05) is 25.2 Å². The lowest BCUT2D eigenvalue weighted by molar-refractivity contribution is 0.0788. The molecule has 0 aliphatic carbocycles. The first kappa shape index (κ1) is 14.0. The molecular weight excluding hydrogens is 292 g/mol. The quantitative estimate of drug-likeness (QED) is 0.840. The minimum Gasteiger partial charge on any atom is -0.337 e. The van der Waals surface area contributed by atoms with Gasteiger partial charge in [0.05, 0.1) is 9.21 Å². The molecule has 1 aromatic carbocycles. The largest absolute Gasteiger partial charge is 0.337 e. The third-order valence-corrected chi connectivity index (χ3v) is 3.77. The van der Waals surface area contributed by atoms with Crippen molar-refractivity contribution < 1.29 is 13.6 Å². The Morgan fingerprint density at radius 3 is 2.63 bits per heavy atom. The molecule has 0 unspecified atom stereocenters. The highest BCUT2D eigenvalue weighted by molar-refractivity contribution is 7.17. The number of hydrogen-bond donors (Lipinski definition) is 0. The zero-order valence-corrected chi connectivity index (χ0v) is 11.6. The number of rotatable bonds is 3. The van der Waals surface area contributed by atoms with Gasteiger partial charge in [-0.3, -0.25) is 4.79 Å². The molecule has 0 saturated heterocycles. The van der Waals surface area contributed by atoms with Crippen LogP contribution in [0, 0.1) is 11.6 Å². The Hall–Kier alpha value is -1.46. The van der Waals surface area contributed by atoms with E-state index >= 15 is 0 Å². The first-order valence-corrected chi connectivity index (χ1v) is 6.61. The van der Waals surface area contributed by atoms with Crippen LogP contribution in [0.5, 0.6) is 0 Å². The molecule has 0 aliphatic heterocycles. The zero-order chi connectivity index (χ0) is 14.0. The lowest BCUT2D eigenvalue weighted by Crippen LogP contribution is -2.25. The fourth-order valence-electron chi connectivity index (χ4n) is 1.59. The molecule has 0 N–H and O–H groups in total. The molecule has 0 saturated carbocycles. The molecule has 6 heteroatoms. The predicted octanol–water partition coefficient (Wildman–Crippen LogP) is 3.95. The molecule has 2 aromatic rings. The van der Waals surface area contributed by atoms with Crippen molar-refractivity contribution in [3.8, 4) is 0 Å². The van der Waals surface area contributed by atoms with Crippen LogP contribution in [0.4, 0.5) is 8.78 Å². The van der Waals surface area contributed by atoms with Crippen LogP contribution in [0.2, 0.25) is 4.34 Å². The van der Waals surface area contributed by atoms with Crippen molar-refractivity contribution in [3.63, 3.8) is 0 Å². The summed E-state index contributed by atoms with van der Waals surface area (Å²) >= 11 is 6.92. The van der Waals surface area contributed by atoms with Crippen LogP contribution >= 0.6 is 22.9 Å². The second-order valence-electron chi connectivity index (χ2n) is 4.00.